The number of carbonyl (C=O) groups excluding carboxylic acids is 6. The van der Waals surface area contributed by atoms with E-state index in [1.807, 2.05) is 30.5 Å². The molecule has 2 atom stereocenters. The Bertz CT molecular complexity index is 1780. The van der Waals surface area contributed by atoms with Crippen molar-refractivity contribution in [3.05, 3.63) is 102 Å². The Hall–Kier alpha value is -6.30. The van der Waals surface area contributed by atoms with Gasteiger partial charge in [0.2, 0.25) is 23.6 Å². The Morgan fingerprint density at radius 3 is 1.86 bits per heavy atom. The maximum Gasteiger partial charge on any atom is 0.332 e. The van der Waals surface area contributed by atoms with Crippen LogP contribution in [-0.2, 0) is 30.5 Å². The number of benzene rings is 3. The summed E-state index contributed by atoms with van der Waals surface area (Å²) in [5.74, 6) is -2.47. The van der Waals surface area contributed by atoms with E-state index >= 15 is 0 Å². The third kappa shape index (κ3) is 25.0. The molecule has 58 heavy (non-hydrogen) atoms. The number of phenols is 1. The number of aromatic amines is 1. The number of primary amides is 1. The van der Waals surface area contributed by atoms with E-state index in [-0.39, 0.29) is 31.4 Å². The molecule has 0 saturated heterocycles. The van der Waals surface area contributed by atoms with E-state index in [1.54, 1.807) is 19.1 Å². The number of urea groups is 1. The van der Waals surface area contributed by atoms with Gasteiger partial charge in [0.25, 0.3) is 0 Å². The van der Waals surface area contributed by atoms with E-state index in [1.165, 1.54) is 66.0 Å². The molecule has 0 spiro atoms. The topological polar surface area (TPSA) is 280 Å². The Balaban J connectivity index is 0.000000949. The van der Waals surface area contributed by atoms with Crippen LogP contribution in [-0.4, -0.2) is 96.4 Å². The summed E-state index contributed by atoms with van der Waals surface area (Å²) in [5, 5.41) is 21.1. The fraction of sp³-hybridized carbons (Fsp3) is 0.366. The molecule has 318 valence electrons. The summed E-state index contributed by atoms with van der Waals surface area (Å²) in [5.41, 5.74) is 22.2. The zero-order valence-corrected chi connectivity index (χ0v) is 34.3. The summed E-state index contributed by atoms with van der Waals surface area (Å²) in [6, 6.07) is 23.0. The molecule has 13 N–H and O–H groups in total. The molecule has 4 aromatic rings. The number of aryl methyl sites for hydroxylation is 2. The number of H-pyrrole nitrogens is 1. The minimum atomic E-state index is -0.949. The molecule has 0 radical (unpaired) electrons. The fourth-order valence-electron chi connectivity index (χ4n) is 4.13. The normalized spacial score (nSPS) is 10.7. The second-order valence-electron chi connectivity index (χ2n) is 12.7. The number of phenolic OH excluding ortho intramolecular Hbond substituents is 1. The lowest BCUT2D eigenvalue weighted by atomic mass is 10.2. The highest BCUT2D eigenvalue weighted by molar-refractivity contribution is 5.91. The molecule has 0 aliphatic heterocycles. The van der Waals surface area contributed by atoms with Crippen LogP contribution >= 0.6 is 0 Å². The number of aromatic nitrogens is 1. The first-order chi connectivity index (χ1) is 27.6. The first-order valence-corrected chi connectivity index (χ1v) is 18.7. The largest absolute Gasteiger partial charge is 0.508 e. The van der Waals surface area contributed by atoms with Crippen molar-refractivity contribution in [3.8, 4) is 5.75 Å². The van der Waals surface area contributed by atoms with Gasteiger partial charge in [-0.3, -0.25) is 24.2 Å². The number of para-hydroxylation sites is 1. The highest BCUT2D eigenvalue weighted by Gasteiger charge is 2.20. The number of hydrazine groups is 1. The predicted octanol–water partition coefficient (Wildman–Crippen LogP) is 2.01. The quantitative estimate of drug-likeness (QED) is 0.0654. The zero-order chi connectivity index (χ0) is 43.9. The SMILES string of the molecule is CC(N)C=O.CCCCN.CNN(Cc1ccc(O)cc1)C(=O)NC(C)C(=O)NCC(=O)NCC(=O)NCC(N)=O.Cc1c[nH]c2ccccc12.Cc1ccccc1. The van der Waals surface area contributed by atoms with Crippen LogP contribution in [0.15, 0.2) is 85.1 Å². The van der Waals surface area contributed by atoms with Gasteiger partial charge in [-0.1, -0.05) is 79.6 Å². The Labute approximate surface area is 340 Å². The number of amides is 6. The van der Waals surface area contributed by atoms with Gasteiger partial charge in [0.15, 0.2) is 0 Å². The molecule has 0 bridgehead atoms. The van der Waals surface area contributed by atoms with Crippen molar-refractivity contribution in [2.75, 3.05) is 33.2 Å². The molecule has 4 rings (SSSR count). The monoisotopic (exact) mass is 806 g/mol. The van der Waals surface area contributed by atoms with Gasteiger partial charge in [-0.2, -0.15) is 0 Å². The lowest BCUT2D eigenvalue weighted by molar-refractivity contribution is -0.128. The van der Waals surface area contributed by atoms with Crippen molar-refractivity contribution in [2.24, 2.45) is 17.2 Å². The number of hydrogen-bond acceptors (Lipinski definition) is 10. The van der Waals surface area contributed by atoms with E-state index in [0.717, 1.165) is 12.1 Å². The number of aromatic hydroxyl groups is 1. The summed E-state index contributed by atoms with van der Waals surface area (Å²) in [4.78, 5) is 70.6. The summed E-state index contributed by atoms with van der Waals surface area (Å²) in [7, 11) is 1.54. The number of unbranched alkanes of at least 4 members (excludes halogenated alkanes) is 1. The molecule has 17 heteroatoms. The average molecular weight is 807 g/mol. The van der Waals surface area contributed by atoms with Crippen molar-refractivity contribution in [3.63, 3.8) is 0 Å². The minimum Gasteiger partial charge on any atom is -0.508 e. The number of nitrogens with two attached hydrogens (primary N) is 3. The van der Waals surface area contributed by atoms with Crippen molar-refractivity contribution in [1.29, 1.82) is 0 Å². The second-order valence-corrected chi connectivity index (χ2v) is 12.7. The number of fused-ring (bicyclic) bond motifs is 1. The van der Waals surface area contributed by atoms with Crippen LogP contribution in [0.2, 0.25) is 0 Å². The predicted molar refractivity (Wildman–Crippen MR) is 227 cm³/mol. The lowest BCUT2D eigenvalue weighted by Crippen LogP contribution is -2.53. The van der Waals surface area contributed by atoms with Gasteiger partial charge in [0.05, 0.1) is 32.2 Å². The standard InChI is InChI=1S/C18H27N7O6.C9H9N.C7H8.C4H11N.C3H7NO/c1-11(17(30)23-9-16(29)22-8-15(28)21-7-14(19)27)24-18(31)25(20-2)10-12-3-5-13(26)6-4-12;1-7-6-10-9-5-3-2-4-8(7)9;1-7-5-3-2-4-6-7;1-2-3-4-5;1-3(4)2-5/h3-6,11,20,26H,7-10H2,1-2H3,(H2,19,27)(H,21,28)(H,22,29)(H,23,30)(H,24,31);2-6,10H,1H3;2-6H,1H3;2-5H2,1H3;2-3H,4H2,1H3. The number of nitrogens with one attached hydrogen (secondary N) is 6. The van der Waals surface area contributed by atoms with Crippen LogP contribution in [0.3, 0.4) is 0 Å². The molecule has 0 aliphatic rings. The molecule has 0 aliphatic carbocycles. The summed E-state index contributed by atoms with van der Waals surface area (Å²) < 4.78 is 0. The lowest BCUT2D eigenvalue weighted by Gasteiger charge is -2.24. The van der Waals surface area contributed by atoms with E-state index in [4.69, 9.17) is 17.2 Å². The fourth-order valence-corrected chi connectivity index (χ4v) is 4.13. The third-order valence-electron chi connectivity index (χ3n) is 7.36. The van der Waals surface area contributed by atoms with E-state index in [0.29, 0.717) is 6.29 Å². The van der Waals surface area contributed by atoms with Crippen LogP contribution in [0, 0.1) is 13.8 Å². The van der Waals surface area contributed by atoms with E-state index in [9.17, 15) is 33.9 Å². The number of nitrogens with zero attached hydrogens (tertiary/aromatic N) is 1. The van der Waals surface area contributed by atoms with E-state index in [2.05, 4.69) is 82.8 Å². The van der Waals surface area contributed by atoms with Crippen LogP contribution in [0.5, 0.6) is 5.75 Å². The molecule has 1 aromatic heterocycles. The number of rotatable bonds is 14. The smallest absolute Gasteiger partial charge is 0.332 e. The number of carbonyl (C=O) groups is 6. The zero-order valence-electron chi connectivity index (χ0n) is 34.3. The summed E-state index contributed by atoms with van der Waals surface area (Å²) >= 11 is 0. The molecule has 0 fully saturated rings. The molecule has 3 aromatic carbocycles. The van der Waals surface area contributed by atoms with Crippen LogP contribution in [0.1, 0.15) is 50.3 Å². The summed E-state index contributed by atoms with van der Waals surface area (Å²) in [6.07, 6.45) is 5.11. The molecule has 6 amide bonds. The third-order valence-corrected chi connectivity index (χ3v) is 7.36. The summed E-state index contributed by atoms with van der Waals surface area (Å²) in [6.45, 7) is 9.27. The Kier molecular flexibility index (Phi) is 27.5. The first kappa shape index (κ1) is 51.7. The average Bonchev–Trinajstić information content (AvgIpc) is 3.59. The highest BCUT2D eigenvalue weighted by atomic mass is 16.3. The van der Waals surface area contributed by atoms with E-state index < -0.39 is 42.2 Å². The van der Waals surface area contributed by atoms with Gasteiger partial charge in [0, 0.05) is 24.1 Å². The van der Waals surface area contributed by atoms with Gasteiger partial charge in [-0.05, 0) is 70.0 Å². The van der Waals surface area contributed by atoms with Crippen molar-refractivity contribution in [2.45, 2.75) is 66.1 Å². The molecule has 1 heterocycles. The van der Waals surface area contributed by atoms with Crippen LogP contribution in [0.4, 0.5) is 4.79 Å². The maximum absolute atomic E-state index is 12.4. The maximum atomic E-state index is 12.4. The van der Waals surface area contributed by atoms with Crippen LogP contribution in [0.25, 0.3) is 10.9 Å². The molecular formula is C41H62N10O7. The molecule has 17 nitrogen and oxygen atoms in total. The molecule has 0 saturated carbocycles. The number of hydrogen-bond donors (Lipinski definition) is 10. The number of aldehydes is 1. The second kappa shape index (κ2) is 30.9. The van der Waals surface area contributed by atoms with Crippen molar-refractivity contribution >= 4 is 46.8 Å². The van der Waals surface area contributed by atoms with Gasteiger partial charge < -0.3 is 53.4 Å². The van der Waals surface area contributed by atoms with Gasteiger partial charge in [-0.25, -0.2) is 10.2 Å². The Morgan fingerprint density at radius 2 is 1.40 bits per heavy atom. The Morgan fingerprint density at radius 1 is 0.845 bits per heavy atom. The van der Waals surface area contributed by atoms with Gasteiger partial charge in [-0.15, -0.1) is 0 Å². The highest BCUT2D eigenvalue weighted by Crippen LogP contribution is 2.15. The van der Waals surface area contributed by atoms with Crippen molar-refractivity contribution < 1.29 is 33.9 Å². The van der Waals surface area contributed by atoms with Crippen LogP contribution < -0.4 is 43.9 Å². The van der Waals surface area contributed by atoms with Gasteiger partial charge >= 0.3 is 6.03 Å². The van der Waals surface area contributed by atoms with Crippen molar-refractivity contribution in [1.82, 2.24) is 36.7 Å². The van der Waals surface area contributed by atoms with Gasteiger partial charge in [0.1, 0.15) is 18.1 Å². The first-order valence-electron chi connectivity index (χ1n) is 18.7. The molecule has 2 unspecified atom stereocenters. The molecular weight excluding hydrogens is 745 g/mol. The minimum absolute atomic E-state index is 0.102.